The van der Waals surface area contributed by atoms with Gasteiger partial charge in [0.2, 0.25) is 5.91 Å². The van der Waals surface area contributed by atoms with Crippen molar-refractivity contribution in [3.63, 3.8) is 0 Å². The normalized spacial score (nSPS) is 16.6. The SMILES string of the molecule is CCCCCCCCC=CCCCCCCCC(=O)NC(C(O[SiH](C)C)C(C)(C)C)(C(O[SiH](C)C)C(C)(C)C)C(O[SiH](C)C)C(C)(C)C. The summed E-state index contributed by atoms with van der Waals surface area (Å²) in [5.74, 6) is 0.0995. The second kappa shape index (κ2) is 23.3. The fraction of sp³-hybridized carbons (Fsp3) is 0.925. The second-order valence-electron chi connectivity index (χ2n) is 18.6. The van der Waals surface area contributed by atoms with E-state index in [1.807, 2.05) is 0 Å². The first kappa shape index (κ1) is 47.7. The Labute approximate surface area is 306 Å². The fourth-order valence-electron chi connectivity index (χ4n) is 7.19. The lowest BCUT2D eigenvalue weighted by Crippen LogP contribution is -2.78. The maximum absolute atomic E-state index is 14.3. The summed E-state index contributed by atoms with van der Waals surface area (Å²) in [6.07, 6.45) is 20.7. The zero-order valence-electron chi connectivity index (χ0n) is 35.2. The number of nitrogens with one attached hydrogen (secondary N) is 1. The molecule has 0 rings (SSSR count). The summed E-state index contributed by atoms with van der Waals surface area (Å²) >= 11 is 0. The van der Waals surface area contributed by atoms with Gasteiger partial charge in [-0.2, -0.15) is 0 Å². The van der Waals surface area contributed by atoms with Crippen molar-refractivity contribution in [3.05, 3.63) is 12.2 Å². The molecule has 0 aromatic rings. The van der Waals surface area contributed by atoms with E-state index in [2.05, 4.69) is 126 Å². The lowest BCUT2D eigenvalue weighted by molar-refractivity contribution is -0.168. The predicted molar refractivity (Wildman–Crippen MR) is 220 cm³/mol. The third kappa shape index (κ3) is 18.8. The first-order chi connectivity index (χ1) is 22.1. The highest BCUT2D eigenvalue weighted by molar-refractivity contribution is 6.49. The van der Waals surface area contributed by atoms with Crippen molar-refractivity contribution in [2.75, 3.05) is 0 Å². The Morgan fingerprint density at radius 3 is 1.17 bits per heavy atom. The molecule has 3 atom stereocenters. The van der Waals surface area contributed by atoms with E-state index in [1.165, 1.54) is 70.6 Å². The van der Waals surface area contributed by atoms with Gasteiger partial charge in [0.05, 0.1) is 18.3 Å². The first-order valence-electron chi connectivity index (χ1n) is 20.0. The summed E-state index contributed by atoms with van der Waals surface area (Å²) < 4.78 is 21.4. The van der Waals surface area contributed by atoms with Crippen molar-refractivity contribution in [3.8, 4) is 0 Å². The lowest BCUT2D eigenvalue weighted by Gasteiger charge is -2.60. The molecule has 0 saturated carbocycles. The van der Waals surface area contributed by atoms with Crippen LogP contribution in [0.2, 0.25) is 39.3 Å². The highest BCUT2D eigenvalue weighted by Crippen LogP contribution is 2.48. The molecule has 1 amide bonds. The Bertz CT molecular complexity index is 802. The average molecular weight is 728 g/mol. The van der Waals surface area contributed by atoms with Crippen LogP contribution >= 0.6 is 0 Å². The summed E-state index contributed by atoms with van der Waals surface area (Å²) in [6.45, 7) is 36.1. The molecule has 286 valence electrons. The van der Waals surface area contributed by atoms with Crippen LogP contribution in [0.5, 0.6) is 0 Å². The number of hydrogen-bond donors (Lipinski definition) is 1. The Kier molecular flexibility index (Phi) is 23.2. The van der Waals surface area contributed by atoms with Gasteiger partial charge in [-0.3, -0.25) is 4.79 Å². The molecule has 0 saturated heterocycles. The average Bonchev–Trinajstić information content (AvgIpc) is 2.92. The molecule has 0 aliphatic rings. The van der Waals surface area contributed by atoms with Gasteiger partial charge in [0.1, 0.15) is 5.54 Å². The number of unbranched alkanes of at least 4 members (excludes halogenated alkanes) is 11. The third-order valence-corrected chi connectivity index (χ3v) is 11.4. The van der Waals surface area contributed by atoms with Gasteiger partial charge in [-0.05, 0) is 87.6 Å². The van der Waals surface area contributed by atoms with E-state index >= 15 is 0 Å². The zero-order chi connectivity index (χ0) is 37.2. The molecule has 48 heavy (non-hydrogen) atoms. The molecule has 0 fully saturated rings. The molecule has 0 heterocycles. The monoisotopic (exact) mass is 728 g/mol. The van der Waals surface area contributed by atoms with E-state index in [4.69, 9.17) is 13.3 Å². The van der Waals surface area contributed by atoms with Crippen LogP contribution in [-0.2, 0) is 18.1 Å². The van der Waals surface area contributed by atoms with E-state index in [9.17, 15) is 4.79 Å². The summed E-state index contributed by atoms with van der Waals surface area (Å²) in [5, 5.41) is 3.76. The summed E-state index contributed by atoms with van der Waals surface area (Å²) in [7, 11) is -4.61. The van der Waals surface area contributed by atoms with Crippen molar-refractivity contribution >= 4 is 33.0 Å². The van der Waals surface area contributed by atoms with Crippen LogP contribution in [0.3, 0.4) is 0 Å². The predicted octanol–water partition coefficient (Wildman–Crippen LogP) is 11.1. The lowest BCUT2D eigenvalue weighted by atomic mass is 9.60. The van der Waals surface area contributed by atoms with Crippen LogP contribution in [0.1, 0.15) is 159 Å². The highest BCUT2D eigenvalue weighted by atomic mass is 28.3. The summed E-state index contributed by atoms with van der Waals surface area (Å²) in [5.41, 5.74) is -1.64. The molecule has 1 N–H and O–H groups in total. The Balaban J connectivity index is 6.03. The molecule has 0 aliphatic heterocycles. The second-order valence-corrected chi connectivity index (χ2v) is 25.7. The van der Waals surface area contributed by atoms with Gasteiger partial charge in [0.15, 0.2) is 27.1 Å². The van der Waals surface area contributed by atoms with Gasteiger partial charge in [-0.25, -0.2) is 0 Å². The summed E-state index contributed by atoms with van der Waals surface area (Å²) in [6, 6.07) is 0. The van der Waals surface area contributed by atoms with E-state index in [-0.39, 0.29) is 40.5 Å². The number of carbonyl (C=O) groups excluding carboxylic acids is 1. The number of carbonyl (C=O) groups is 1. The standard InChI is InChI=1S/C40H85NO4Si3/c1-17-18-19-20-21-22-23-24-25-26-27-28-29-30-31-32-33(42)41-40(34(37(2,3)4)43-46(11)12,35(38(5,6)7)44-47(13)14)36(39(8,9)10)45-48(15)16/h24-25,34-36,46-48H,17-23,26-32H2,1-16H3,(H,41,42). The minimum Gasteiger partial charge on any atom is -0.415 e. The first-order valence-corrected chi connectivity index (χ1v) is 28.4. The molecule has 0 aromatic heterocycles. The minimum atomic E-state index is -1.54. The Morgan fingerprint density at radius 1 is 0.542 bits per heavy atom. The van der Waals surface area contributed by atoms with Gasteiger partial charge in [0, 0.05) is 6.42 Å². The molecule has 0 aromatic carbocycles. The zero-order valence-corrected chi connectivity index (χ0v) is 38.6. The molecule has 0 radical (unpaired) electrons. The van der Waals surface area contributed by atoms with Crippen LogP contribution in [0.4, 0.5) is 0 Å². The van der Waals surface area contributed by atoms with Crippen molar-refractivity contribution in [1.29, 1.82) is 0 Å². The molecule has 3 unspecified atom stereocenters. The maximum atomic E-state index is 14.3. The quantitative estimate of drug-likeness (QED) is 0.0578. The van der Waals surface area contributed by atoms with Crippen LogP contribution in [-0.4, -0.2) is 56.9 Å². The van der Waals surface area contributed by atoms with Crippen molar-refractivity contribution in [1.82, 2.24) is 5.32 Å². The fourth-order valence-corrected chi connectivity index (χ4v) is 10.7. The van der Waals surface area contributed by atoms with E-state index in [0.717, 1.165) is 12.8 Å². The maximum Gasteiger partial charge on any atom is 0.220 e. The molecular formula is C40H85NO4Si3. The van der Waals surface area contributed by atoms with Crippen LogP contribution in [0, 0.1) is 16.2 Å². The Morgan fingerprint density at radius 2 is 0.854 bits per heavy atom. The van der Waals surface area contributed by atoms with Gasteiger partial charge in [-0.15, -0.1) is 0 Å². The van der Waals surface area contributed by atoms with Gasteiger partial charge < -0.3 is 18.6 Å². The van der Waals surface area contributed by atoms with Crippen molar-refractivity contribution < 1.29 is 18.1 Å². The number of allylic oxidation sites excluding steroid dienone is 2. The number of hydrogen-bond acceptors (Lipinski definition) is 4. The van der Waals surface area contributed by atoms with Crippen LogP contribution in [0.15, 0.2) is 12.2 Å². The molecule has 5 nitrogen and oxygen atoms in total. The van der Waals surface area contributed by atoms with Gasteiger partial charge in [-0.1, -0.05) is 133 Å². The molecule has 0 bridgehead atoms. The molecule has 8 heteroatoms. The van der Waals surface area contributed by atoms with Gasteiger partial charge in [0.25, 0.3) is 0 Å². The third-order valence-electron chi connectivity index (χ3n) is 8.91. The summed E-state index contributed by atoms with van der Waals surface area (Å²) in [4.78, 5) is 14.3. The van der Waals surface area contributed by atoms with Crippen LogP contribution in [0.25, 0.3) is 0 Å². The molecular weight excluding hydrogens is 643 g/mol. The molecule has 0 aliphatic carbocycles. The number of amides is 1. The smallest absolute Gasteiger partial charge is 0.220 e. The topological polar surface area (TPSA) is 56.8 Å². The van der Waals surface area contributed by atoms with E-state index in [0.29, 0.717) is 6.42 Å². The number of rotatable bonds is 25. The van der Waals surface area contributed by atoms with Gasteiger partial charge >= 0.3 is 0 Å². The van der Waals surface area contributed by atoms with E-state index in [1.54, 1.807) is 0 Å². The van der Waals surface area contributed by atoms with E-state index < -0.39 is 32.7 Å². The Hall–Kier alpha value is -0.259. The minimum absolute atomic E-state index is 0.0995. The van der Waals surface area contributed by atoms with Crippen LogP contribution < -0.4 is 5.32 Å². The highest BCUT2D eigenvalue weighted by Gasteiger charge is 2.62. The largest absolute Gasteiger partial charge is 0.415 e. The van der Waals surface area contributed by atoms with Crippen molar-refractivity contribution in [2.45, 2.75) is 222 Å². The van der Waals surface area contributed by atoms with Crippen molar-refractivity contribution in [2.24, 2.45) is 16.2 Å². The molecule has 0 spiro atoms.